The van der Waals surface area contributed by atoms with Gasteiger partial charge in [-0.05, 0) is 66.5 Å². The van der Waals surface area contributed by atoms with E-state index in [1.54, 1.807) is 22.2 Å². The quantitative estimate of drug-likeness (QED) is 0.133. The number of hydrogen-bond acceptors (Lipinski definition) is 10. The molecule has 0 atom stereocenters. The van der Waals surface area contributed by atoms with E-state index in [0.717, 1.165) is 46.5 Å². The van der Waals surface area contributed by atoms with Crippen molar-refractivity contribution in [3.63, 3.8) is 0 Å². The number of ether oxygens (including phenoxy) is 2. The summed E-state index contributed by atoms with van der Waals surface area (Å²) in [5.41, 5.74) is 5.88. The number of fused-ring (bicyclic) bond motifs is 2. The smallest absolute Gasteiger partial charge is 0.410 e. The van der Waals surface area contributed by atoms with Gasteiger partial charge in [-0.2, -0.15) is 0 Å². The van der Waals surface area contributed by atoms with Crippen LogP contribution in [0.2, 0.25) is 0 Å². The molecular formula is C38H46N8O6. The lowest BCUT2D eigenvalue weighted by atomic mass is 9.98. The number of nitrogens with one attached hydrogen (secondary N) is 2. The van der Waals surface area contributed by atoms with Crippen LogP contribution in [0, 0.1) is 0 Å². The second kappa shape index (κ2) is 14.5. The minimum Gasteiger partial charge on any atom is -0.444 e. The highest BCUT2D eigenvalue weighted by molar-refractivity contribution is 6.06. The zero-order valence-electron chi connectivity index (χ0n) is 31.0. The molecule has 2 aromatic carbocycles. The molecule has 6 aromatic rings. The number of hydrogen-bond donors (Lipinski definition) is 2. The summed E-state index contributed by atoms with van der Waals surface area (Å²) in [5, 5.41) is 0. The molecule has 0 aliphatic heterocycles. The molecule has 6 rings (SSSR count). The Bertz CT molecular complexity index is 2030. The lowest BCUT2D eigenvalue weighted by molar-refractivity contribution is 0.0219. The van der Waals surface area contributed by atoms with Gasteiger partial charge in [-0.15, -0.1) is 0 Å². The average Bonchev–Trinajstić information content (AvgIpc) is 3.89. The number of carbonyl (C=O) groups is 2. The van der Waals surface area contributed by atoms with Crippen LogP contribution in [0.15, 0.2) is 58.3 Å². The largest absolute Gasteiger partial charge is 0.444 e. The maximum absolute atomic E-state index is 12.8. The predicted molar refractivity (Wildman–Crippen MR) is 196 cm³/mol. The monoisotopic (exact) mass is 710 g/mol. The molecule has 52 heavy (non-hydrogen) atoms. The summed E-state index contributed by atoms with van der Waals surface area (Å²) in [4.78, 5) is 54.0. The highest BCUT2D eigenvalue weighted by Gasteiger charge is 2.25. The summed E-state index contributed by atoms with van der Waals surface area (Å²) in [6.07, 6.45) is 7.08. The topological polar surface area (TPSA) is 168 Å². The van der Waals surface area contributed by atoms with Crippen molar-refractivity contribution in [2.24, 2.45) is 0 Å². The molecule has 2 N–H and O–H groups in total. The van der Waals surface area contributed by atoms with Crippen LogP contribution in [0.4, 0.5) is 9.59 Å². The molecule has 0 radical (unpaired) electrons. The lowest BCUT2D eigenvalue weighted by Crippen LogP contribution is -2.37. The van der Waals surface area contributed by atoms with Crippen LogP contribution in [-0.4, -0.2) is 76.2 Å². The number of H-pyrrole nitrogens is 2. The Labute approximate surface area is 301 Å². The van der Waals surface area contributed by atoms with Crippen molar-refractivity contribution in [1.29, 1.82) is 0 Å². The highest BCUT2D eigenvalue weighted by Crippen LogP contribution is 2.39. The summed E-state index contributed by atoms with van der Waals surface area (Å²) in [5.74, 6) is 1.24. The van der Waals surface area contributed by atoms with Crippen LogP contribution >= 0.6 is 0 Å². The first-order chi connectivity index (χ1) is 24.7. The molecule has 2 amide bonds. The van der Waals surface area contributed by atoms with Gasteiger partial charge in [0.05, 0.1) is 36.9 Å². The Balaban J connectivity index is 1.26. The first kappa shape index (κ1) is 36.1. The van der Waals surface area contributed by atoms with Gasteiger partial charge < -0.3 is 38.1 Å². The number of nitrogens with zero attached hydrogens (tertiary/aromatic N) is 6. The van der Waals surface area contributed by atoms with E-state index < -0.39 is 11.2 Å². The van der Waals surface area contributed by atoms with Gasteiger partial charge in [-0.3, -0.25) is 0 Å². The van der Waals surface area contributed by atoms with Gasteiger partial charge in [0.15, 0.2) is 24.0 Å². The minimum atomic E-state index is -0.599. The third-order valence-corrected chi connectivity index (χ3v) is 8.07. The molecular weight excluding hydrogens is 664 g/mol. The third-order valence-electron chi connectivity index (χ3n) is 8.07. The van der Waals surface area contributed by atoms with Crippen molar-refractivity contribution in [1.82, 2.24) is 39.7 Å². The molecule has 0 saturated carbocycles. The number of aromatic nitrogens is 6. The number of oxazole rings is 2. The van der Waals surface area contributed by atoms with E-state index in [2.05, 4.69) is 29.9 Å². The van der Waals surface area contributed by atoms with Crippen LogP contribution in [0.1, 0.15) is 79.9 Å². The van der Waals surface area contributed by atoms with Crippen molar-refractivity contribution in [2.45, 2.75) is 92.5 Å². The van der Waals surface area contributed by atoms with Gasteiger partial charge in [-0.1, -0.05) is 26.0 Å². The SMILES string of the molecule is CCCN(Cc1ncc(-c2ccc(-c3ccc(-c4cnc(CN(CCC)C(=O)OC(C)(C)C)[nH]4)c4ocnc34)c3ncoc23)[nH]1)C(=O)OC(C)(C)C. The zero-order valence-corrected chi connectivity index (χ0v) is 31.0. The van der Waals surface area contributed by atoms with Crippen LogP contribution in [-0.2, 0) is 22.6 Å². The fourth-order valence-electron chi connectivity index (χ4n) is 5.94. The minimum absolute atomic E-state index is 0.273. The third kappa shape index (κ3) is 7.95. The predicted octanol–water partition coefficient (Wildman–Crippen LogP) is 8.71. The number of benzene rings is 2. The fraction of sp³-hybridized carbons (Fsp3) is 0.421. The van der Waals surface area contributed by atoms with Gasteiger partial charge in [0.2, 0.25) is 0 Å². The fourth-order valence-corrected chi connectivity index (χ4v) is 5.94. The average molecular weight is 711 g/mol. The molecule has 0 unspecified atom stereocenters. The summed E-state index contributed by atoms with van der Waals surface area (Å²) < 4.78 is 23.1. The lowest BCUT2D eigenvalue weighted by Gasteiger charge is -2.26. The number of carbonyl (C=O) groups excluding carboxylic acids is 2. The second-order valence-corrected chi connectivity index (χ2v) is 14.7. The maximum Gasteiger partial charge on any atom is 0.410 e. The molecule has 274 valence electrons. The van der Waals surface area contributed by atoms with Crippen molar-refractivity contribution < 1.29 is 27.9 Å². The maximum atomic E-state index is 12.8. The normalized spacial score (nSPS) is 12.1. The van der Waals surface area contributed by atoms with E-state index in [1.165, 1.54) is 12.8 Å². The molecule has 14 nitrogen and oxygen atoms in total. The van der Waals surface area contributed by atoms with Crippen LogP contribution in [0.3, 0.4) is 0 Å². The Morgan fingerprint density at radius 1 is 0.635 bits per heavy atom. The first-order valence-electron chi connectivity index (χ1n) is 17.5. The van der Waals surface area contributed by atoms with E-state index in [9.17, 15) is 9.59 Å². The number of amides is 2. The second-order valence-electron chi connectivity index (χ2n) is 14.7. The van der Waals surface area contributed by atoms with E-state index in [0.29, 0.717) is 46.9 Å². The summed E-state index contributed by atoms with van der Waals surface area (Å²) in [7, 11) is 0. The Morgan fingerprint density at radius 2 is 1.02 bits per heavy atom. The van der Waals surface area contributed by atoms with Gasteiger partial charge in [0.1, 0.15) is 33.9 Å². The molecule has 0 saturated heterocycles. The van der Waals surface area contributed by atoms with E-state index in [-0.39, 0.29) is 25.3 Å². The van der Waals surface area contributed by atoms with Gasteiger partial charge in [-0.25, -0.2) is 29.5 Å². The first-order valence-corrected chi connectivity index (χ1v) is 17.5. The van der Waals surface area contributed by atoms with Gasteiger partial charge >= 0.3 is 12.2 Å². The molecule has 4 aromatic heterocycles. The Morgan fingerprint density at radius 3 is 1.38 bits per heavy atom. The Kier molecular flexibility index (Phi) is 10.1. The number of rotatable bonds is 11. The summed E-state index contributed by atoms with van der Waals surface area (Å²) >= 11 is 0. The summed E-state index contributed by atoms with van der Waals surface area (Å²) in [6.45, 7) is 16.7. The molecule has 0 bridgehead atoms. The molecule has 14 heteroatoms. The van der Waals surface area contributed by atoms with Crippen molar-refractivity contribution in [3.8, 4) is 33.6 Å². The van der Waals surface area contributed by atoms with E-state index in [1.807, 2.05) is 79.7 Å². The molecule has 4 heterocycles. The standard InChI is InChI=1S/C38H46N8O6/c1-9-15-45(35(47)51-37(3,4)5)19-29-39-17-27(43-29)25-13-11-23(31-33(25)49-21-41-31)24-12-14-26(34-32(24)42-22-50-34)28-18-40-30(44-28)20-46(16-10-2)36(48)52-38(6,7)8/h11-14,17-18,21-22H,9-10,15-16,19-20H2,1-8H3,(H,39,43)(H,40,44). The van der Waals surface area contributed by atoms with E-state index in [4.69, 9.17) is 18.3 Å². The molecule has 0 aliphatic carbocycles. The van der Waals surface area contributed by atoms with Gasteiger partial charge in [0, 0.05) is 35.3 Å². The molecule has 0 spiro atoms. The molecule has 0 fully saturated rings. The van der Waals surface area contributed by atoms with Crippen molar-refractivity contribution >= 4 is 34.4 Å². The van der Waals surface area contributed by atoms with Crippen LogP contribution < -0.4 is 0 Å². The number of imidazole rings is 2. The molecule has 0 aliphatic rings. The van der Waals surface area contributed by atoms with Gasteiger partial charge in [0.25, 0.3) is 0 Å². The van der Waals surface area contributed by atoms with Crippen LogP contribution in [0.25, 0.3) is 55.8 Å². The van der Waals surface area contributed by atoms with Crippen molar-refractivity contribution in [3.05, 3.63) is 61.1 Å². The van der Waals surface area contributed by atoms with E-state index >= 15 is 0 Å². The van der Waals surface area contributed by atoms with Crippen molar-refractivity contribution in [2.75, 3.05) is 13.1 Å². The van der Waals surface area contributed by atoms with Crippen LogP contribution in [0.5, 0.6) is 0 Å². The Hall–Kier alpha value is -5.66. The zero-order chi connectivity index (χ0) is 37.2. The highest BCUT2D eigenvalue weighted by atomic mass is 16.6. The summed E-state index contributed by atoms with van der Waals surface area (Å²) in [6, 6.07) is 7.85. The number of aromatic amines is 2.